The van der Waals surface area contributed by atoms with E-state index in [0.29, 0.717) is 19.6 Å². The van der Waals surface area contributed by atoms with Gasteiger partial charge in [-0.1, -0.05) is 12.1 Å². The molecule has 1 aromatic carbocycles. The second-order valence-corrected chi connectivity index (χ2v) is 5.35. The number of benzene rings is 1. The summed E-state index contributed by atoms with van der Waals surface area (Å²) in [6, 6.07) is 7.78. The largest absolute Gasteiger partial charge is 0.355 e. The molecule has 0 aromatic heterocycles. The lowest BCUT2D eigenvalue weighted by Crippen LogP contribution is -2.41. The van der Waals surface area contributed by atoms with Crippen LogP contribution in [0, 0.1) is 23.1 Å². The van der Waals surface area contributed by atoms with Gasteiger partial charge in [0.2, 0.25) is 5.91 Å². The summed E-state index contributed by atoms with van der Waals surface area (Å²) in [6.45, 7) is 1.61. The number of carbonyl (C=O) groups excluding carboxylic acids is 2. The lowest BCUT2D eigenvalue weighted by molar-refractivity contribution is -0.120. The third-order valence-electron chi connectivity index (χ3n) is 3.83. The number of likely N-dealkylation sites (tertiary alicyclic amines) is 1. The lowest BCUT2D eigenvalue weighted by atomic mass is 9.96. The smallest absolute Gasteiger partial charge is 0.256 e. The van der Waals surface area contributed by atoms with Crippen molar-refractivity contribution in [3.8, 4) is 6.07 Å². The summed E-state index contributed by atoms with van der Waals surface area (Å²) in [5.41, 5.74) is 0.100. The third-order valence-corrected chi connectivity index (χ3v) is 3.83. The quantitative estimate of drug-likeness (QED) is 0.920. The summed E-state index contributed by atoms with van der Waals surface area (Å²) < 4.78 is 13.6. The number of amides is 2. The normalized spacial score (nSPS) is 15.2. The summed E-state index contributed by atoms with van der Waals surface area (Å²) in [6.07, 6.45) is 1.38. The first-order chi connectivity index (χ1) is 10.6. The average molecular weight is 303 g/mol. The Hall–Kier alpha value is -2.42. The topological polar surface area (TPSA) is 73.2 Å². The van der Waals surface area contributed by atoms with Crippen LogP contribution in [0.2, 0.25) is 0 Å². The van der Waals surface area contributed by atoms with Gasteiger partial charge in [0.15, 0.2) is 0 Å². The van der Waals surface area contributed by atoms with E-state index in [0.717, 1.165) is 12.8 Å². The molecule has 0 bridgehead atoms. The summed E-state index contributed by atoms with van der Waals surface area (Å²) in [5, 5.41) is 11.1. The van der Waals surface area contributed by atoms with Gasteiger partial charge in [-0.15, -0.1) is 0 Å². The van der Waals surface area contributed by atoms with Crippen LogP contribution in [0.15, 0.2) is 24.3 Å². The van der Waals surface area contributed by atoms with E-state index < -0.39 is 5.82 Å². The highest BCUT2D eigenvalue weighted by molar-refractivity contribution is 5.94. The minimum absolute atomic E-state index is 0.100. The van der Waals surface area contributed by atoms with Gasteiger partial charge >= 0.3 is 0 Å². The number of nitriles is 1. The molecule has 1 saturated heterocycles. The fourth-order valence-corrected chi connectivity index (χ4v) is 2.54. The van der Waals surface area contributed by atoms with Crippen LogP contribution in [0.4, 0.5) is 4.39 Å². The number of hydrogen-bond donors (Lipinski definition) is 1. The van der Waals surface area contributed by atoms with Gasteiger partial charge in [-0.2, -0.15) is 5.26 Å². The fraction of sp³-hybridized carbons (Fsp3) is 0.438. The number of carbonyl (C=O) groups is 2. The molecule has 1 aliphatic heterocycles. The maximum atomic E-state index is 13.6. The molecule has 2 amide bonds. The SMILES string of the molecule is N#CCC(=O)NCC1CCN(C(=O)c2ccccc2F)CC1. The van der Waals surface area contributed by atoms with Crippen LogP contribution in [-0.4, -0.2) is 36.3 Å². The van der Waals surface area contributed by atoms with Gasteiger partial charge in [-0.05, 0) is 30.9 Å². The predicted octanol–water partition coefficient (Wildman–Crippen LogP) is 1.71. The Labute approximate surface area is 128 Å². The maximum Gasteiger partial charge on any atom is 0.256 e. The fourth-order valence-electron chi connectivity index (χ4n) is 2.54. The predicted molar refractivity (Wildman–Crippen MR) is 78.3 cm³/mol. The highest BCUT2D eigenvalue weighted by Crippen LogP contribution is 2.19. The van der Waals surface area contributed by atoms with Crippen molar-refractivity contribution in [2.45, 2.75) is 19.3 Å². The Morgan fingerprint density at radius 2 is 2.00 bits per heavy atom. The van der Waals surface area contributed by atoms with Gasteiger partial charge in [0, 0.05) is 19.6 Å². The van der Waals surface area contributed by atoms with Crippen LogP contribution in [0.5, 0.6) is 0 Å². The van der Waals surface area contributed by atoms with Crippen molar-refractivity contribution in [1.82, 2.24) is 10.2 Å². The standard InChI is InChI=1S/C16H18FN3O2/c17-14-4-2-1-3-13(14)16(22)20-9-6-12(7-10-20)11-19-15(21)5-8-18/h1-4,12H,5-7,9-11H2,(H,19,21). The molecule has 2 rings (SSSR count). The van der Waals surface area contributed by atoms with E-state index >= 15 is 0 Å². The van der Waals surface area contributed by atoms with E-state index in [2.05, 4.69) is 5.32 Å². The number of nitrogens with zero attached hydrogens (tertiary/aromatic N) is 2. The van der Waals surface area contributed by atoms with Gasteiger partial charge in [-0.25, -0.2) is 4.39 Å². The van der Waals surface area contributed by atoms with E-state index in [-0.39, 0.29) is 29.7 Å². The van der Waals surface area contributed by atoms with Gasteiger partial charge in [-0.3, -0.25) is 9.59 Å². The van der Waals surface area contributed by atoms with E-state index in [9.17, 15) is 14.0 Å². The zero-order valence-corrected chi connectivity index (χ0v) is 12.2. The minimum atomic E-state index is -0.501. The zero-order chi connectivity index (χ0) is 15.9. The van der Waals surface area contributed by atoms with Crippen LogP contribution in [-0.2, 0) is 4.79 Å². The lowest BCUT2D eigenvalue weighted by Gasteiger charge is -2.32. The van der Waals surface area contributed by atoms with Crippen LogP contribution >= 0.6 is 0 Å². The minimum Gasteiger partial charge on any atom is -0.355 e. The average Bonchev–Trinajstić information content (AvgIpc) is 2.53. The molecule has 1 fully saturated rings. The van der Waals surface area contributed by atoms with Crippen molar-refractivity contribution in [2.75, 3.05) is 19.6 Å². The van der Waals surface area contributed by atoms with Crippen molar-refractivity contribution >= 4 is 11.8 Å². The molecule has 22 heavy (non-hydrogen) atoms. The van der Waals surface area contributed by atoms with Crippen LogP contribution in [0.25, 0.3) is 0 Å². The van der Waals surface area contributed by atoms with Crippen LogP contribution in [0.1, 0.15) is 29.6 Å². The van der Waals surface area contributed by atoms with E-state index in [4.69, 9.17) is 5.26 Å². The van der Waals surface area contributed by atoms with Crippen LogP contribution < -0.4 is 5.32 Å². The molecule has 1 aromatic rings. The molecule has 0 aliphatic carbocycles. The van der Waals surface area contributed by atoms with Gasteiger partial charge in [0.05, 0.1) is 11.6 Å². The highest BCUT2D eigenvalue weighted by atomic mass is 19.1. The molecule has 0 unspecified atom stereocenters. The molecule has 0 spiro atoms. The van der Waals surface area contributed by atoms with E-state index in [1.807, 2.05) is 0 Å². The Bertz CT molecular complexity index is 589. The molecule has 1 N–H and O–H groups in total. The van der Waals surface area contributed by atoms with Crippen molar-refractivity contribution in [3.05, 3.63) is 35.6 Å². The molecule has 1 aliphatic rings. The van der Waals surface area contributed by atoms with Crippen molar-refractivity contribution < 1.29 is 14.0 Å². The Morgan fingerprint density at radius 3 is 2.64 bits per heavy atom. The summed E-state index contributed by atoms with van der Waals surface area (Å²) in [5.74, 6) is -0.775. The summed E-state index contributed by atoms with van der Waals surface area (Å²) >= 11 is 0. The Kier molecular flexibility index (Phi) is 5.48. The highest BCUT2D eigenvalue weighted by Gasteiger charge is 2.25. The van der Waals surface area contributed by atoms with Gasteiger partial charge in [0.25, 0.3) is 5.91 Å². The monoisotopic (exact) mass is 303 g/mol. The van der Waals surface area contributed by atoms with E-state index in [1.165, 1.54) is 12.1 Å². The van der Waals surface area contributed by atoms with Gasteiger partial charge in [0.1, 0.15) is 12.2 Å². The van der Waals surface area contributed by atoms with E-state index in [1.54, 1.807) is 23.1 Å². The molecule has 0 atom stereocenters. The summed E-state index contributed by atoms with van der Waals surface area (Å²) in [7, 11) is 0. The number of piperidine rings is 1. The molecule has 116 valence electrons. The molecule has 6 heteroatoms. The molecule has 0 radical (unpaired) electrons. The summed E-state index contributed by atoms with van der Waals surface area (Å²) in [4.78, 5) is 25.1. The van der Waals surface area contributed by atoms with Crippen LogP contribution in [0.3, 0.4) is 0 Å². The maximum absolute atomic E-state index is 13.6. The van der Waals surface area contributed by atoms with Crippen molar-refractivity contribution in [3.63, 3.8) is 0 Å². The second kappa shape index (κ2) is 7.55. The second-order valence-electron chi connectivity index (χ2n) is 5.35. The Balaban J connectivity index is 1.82. The first kappa shape index (κ1) is 16.0. The number of rotatable bonds is 4. The molecular weight excluding hydrogens is 285 g/mol. The number of halogens is 1. The molecular formula is C16H18FN3O2. The number of hydrogen-bond acceptors (Lipinski definition) is 3. The molecule has 0 saturated carbocycles. The first-order valence-corrected chi connectivity index (χ1v) is 7.29. The molecule has 1 heterocycles. The number of nitrogens with one attached hydrogen (secondary N) is 1. The first-order valence-electron chi connectivity index (χ1n) is 7.29. The van der Waals surface area contributed by atoms with Crippen molar-refractivity contribution in [1.29, 1.82) is 5.26 Å². The van der Waals surface area contributed by atoms with Crippen molar-refractivity contribution in [2.24, 2.45) is 5.92 Å². The Morgan fingerprint density at radius 1 is 1.32 bits per heavy atom. The molecule has 5 nitrogen and oxygen atoms in total. The zero-order valence-electron chi connectivity index (χ0n) is 12.2. The van der Waals surface area contributed by atoms with Gasteiger partial charge < -0.3 is 10.2 Å². The third kappa shape index (κ3) is 4.04.